The molecule has 1 aromatic rings. The highest BCUT2D eigenvalue weighted by Crippen LogP contribution is 2.24. The van der Waals surface area contributed by atoms with Gasteiger partial charge in [-0.2, -0.15) is 5.10 Å². The molecule has 96 valence electrons. The van der Waals surface area contributed by atoms with Crippen LogP contribution in [0.4, 0.5) is 4.39 Å². The molecular formula is C13H16FN3O. The highest BCUT2D eigenvalue weighted by atomic mass is 19.1. The summed E-state index contributed by atoms with van der Waals surface area (Å²) < 4.78 is 18.6. The Labute approximate surface area is 105 Å². The van der Waals surface area contributed by atoms with Crippen LogP contribution in [0.3, 0.4) is 0 Å². The first-order valence-corrected chi connectivity index (χ1v) is 5.89. The Hall–Kier alpha value is -1.91. The number of methoxy groups -OCH3 is 1. The summed E-state index contributed by atoms with van der Waals surface area (Å²) in [7, 11) is 1.44. The summed E-state index contributed by atoms with van der Waals surface area (Å²) in [5.74, 6) is 0.552. The summed E-state index contributed by atoms with van der Waals surface area (Å²) in [6.07, 6.45) is 1.56. The predicted octanol–water partition coefficient (Wildman–Crippen LogP) is 2.33. The van der Waals surface area contributed by atoms with Gasteiger partial charge in [-0.1, -0.05) is 6.92 Å². The molecule has 0 saturated carbocycles. The first kappa shape index (κ1) is 12.5. The van der Waals surface area contributed by atoms with Crippen molar-refractivity contribution < 1.29 is 9.13 Å². The highest BCUT2D eigenvalue weighted by Gasteiger charge is 2.22. The Morgan fingerprint density at radius 2 is 2.22 bits per heavy atom. The van der Waals surface area contributed by atoms with Gasteiger partial charge >= 0.3 is 0 Å². The van der Waals surface area contributed by atoms with Crippen molar-refractivity contribution in [2.75, 3.05) is 7.11 Å². The van der Waals surface area contributed by atoms with E-state index in [1.165, 1.54) is 13.2 Å². The first-order valence-electron chi connectivity index (χ1n) is 5.89. The fourth-order valence-corrected chi connectivity index (χ4v) is 2.05. The Bertz CT molecular complexity index is 511. The highest BCUT2D eigenvalue weighted by molar-refractivity contribution is 6.05. The molecule has 5 heteroatoms. The predicted molar refractivity (Wildman–Crippen MR) is 69.5 cm³/mol. The van der Waals surface area contributed by atoms with Gasteiger partial charge in [-0.25, -0.2) is 4.39 Å². The molecule has 1 aliphatic rings. The maximum Gasteiger partial charge on any atom is 0.165 e. The molecule has 0 radical (unpaired) electrons. The Morgan fingerprint density at radius 1 is 1.44 bits per heavy atom. The molecule has 1 aromatic carbocycles. The second-order valence-electron chi connectivity index (χ2n) is 4.24. The third kappa shape index (κ3) is 2.34. The minimum absolute atomic E-state index is 0.190. The molecule has 0 bridgehead atoms. The van der Waals surface area contributed by atoms with Crippen LogP contribution in [0.1, 0.15) is 25.3 Å². The van der Waals surface area contributed by atoms with Crippen LogP contribution in [-0.2, 0) is 0 Å². The van der Waals surface area contributed by atoms with Gasteiger partial charge < -0.3 is 10.5 Å². The zero-order valence-electron chi connectivity index (χ0n) is 10.5. The van der Waals surface area contributed by atoms with E-state index in [-0.39, 0.29) is 11.7 Å². The van der Waals surface area contributed by atoms with Crippen molar-refractivity contribution in [1.82, 2.24) is 0 Å². The van der Waals surface area contributed by atoms with E-state index in [1.54, 1.807) is 12.1 Å². The van der Waals surface area contributed by atoms with Crippen molar-refractivity contribution in [3.8, 4) is 5.75 Å². The van der Waals surface area contributed by atoms with Crippen molar-refractivity contribution in [3.63, 3.8) is 0 Å². The quantitative estimate of drug-likeness (QED) is 0.893. The molecule has 0 spiro atoms. The molecule has 0 aliphatic carbocycles. The van der Waals surface area contributed by atoms with Gasteiger partial charge in [-0.3, -0.25) is 0 Å². The monoisotopic (exact) mass is 249 g/mol. The van der Waals surface area contributed by atoms with Gasteiger partial charge in [-0.05, 0) is 24.6 Å². The lowest BCUT2D eigenvalue weighted by Gasteiger charge is -2.20. The molecular weight excluding hydrogens is 233 g/mol. The first-order chi connectivity index (χ1) is 8.65. The van der Waals surface area contributed by atoms with E-state index < -0.39 is 5.82 Å². The van der Waals surface area contributed by atoms with Crippen LogP contribution in [0.25, 0.3) is 0 Å². The molecule has 2 rings (SSSR count). The Balaban J connectivity index is 2.38. The lowest BCUT2D eigenvalue weighted by Crippen LogP contribution is -2.26. The molecule has 0 amide bonds. The molecule has 0 fully saturated rings. The molecule has 1 heterocycles. The van der Waals surface area contributed by atoms with E-state index in [2.05, 4.69) is 17.1 Å². The third-order valence-electron chi connectivity index (χ3n) is 3.07. The van der Waals surface area contributed by atoms with Gasteiger partial charge in [0.25, 0.3) is 0 Å². The number of hydrogen-bond acceptors (Lipinski definition) is 4. The van der Waals surface area contributed by atoms with Gasteiger partial charge in [0.1, 0.15) is 5.84 Å². The average Bonchev–Trinajstić information content (AvgIpc) is 2.38. The van der Waals surface area contributed by atoms with Crippen LogP contribution in [0, 0.1) is 11.7 Å². The Morgan fingerprint density at radius 3 is 2.83 bits per heavy atom. The largest absolute Gasteiger partial charge is 0.494 e. The van der Waals surface area contributed by atoms with Gasteiger partial charge in [0.05, 0.1) is 12.8 Å². The summed E-state index contributed by atoms with van der Waals surface area (Å²) in [5, 5.41) is 7.99. The number of benzene rings is 1. The van der Waals surface area contributed by atoms with E-state index in [1.807, 2.05) is 0 Å². The second kappa shape index (κ2) is 5.16. The number of hydrogen-bond donors (Lipinski definition) is 1. The third-order valence-corrected chi connectivity index (χ3v) is 3.07. The maximum atomic E-state index is 13.7. The molecule has 1 atom stereocenters. The standard InChI is InChI=1S/C13H16FN3O/c1-3-8-7-12(15)16-17-13(8)9-4-5-11(18-2)10(14)6-9/h4-6,8H,3,7H2,1-2H3,(H2,15,16). The zero-order valence-corrected chi connectivity index (χ0v) is 10.5. The van der Waals surface area contributed by atoms with Gasteiger partial charge in [0.15, 0.2) is 11.6 Å². The van der Waals surface area contributed by atoms with Gasteiger partial charge in [0, 0.05) is 17.9 Å². The summed E-state index contributed by atoms with van der Waals surface area (Å²) in [5.41, 5.74) is 7.18. The van der Waals surface area contributed by atoms with Crippen molar-refractivity contribution in [1.29, 1.82) is 0 Å². The maximum absolute atomic E-state index is 13.7. The van der Waals surface area contributed by atoms with E-state index in [0.717, 1.165) is 17.7 Å². The minimum Gasteiger partial charge on any atom is -0.494 e. The number of nitrogens with zero attached hydrogens (tertiary/aromatic N) is 2. The average molecular weight is 249 g/mol. The summed E-state index contributed by atoms with van der Waals surface area (Å²) in [4.78, 5) is 0. The normalized spacial score (nSPS) is 19.2. The molecule has 1 aliphatic heterocycles. The number of rotatable bonds is 3. The lowest BCUT2D eigenvalue weighted by atomic mass is 9.90. The molecule has 4 nitrogen and oxygen atoms in total. The van der Waals surface area contributed by atoms with E-state index in [0.29, 0.717) is 12.3 Å². The topological polar surface area (TPSA) is 60.0 Å². The zero-order chi connectivity index (χ0) is 13.1. The molecule has 0 saturated heterocycles. The van der Waals surface area contributed by atoms with Crippen LogP contribution in [-0.4, -0.2) is 18.7 Å². The van der Waals surface area contributed by atoms with Crippen LogP contribution < -0.4 is 10.5 Å². The van der Waals surface area contributed by atoms with Crippen molar-refractivity contribution >= 4 is 11.5 Å². The lowest BCUT2D eigenvalue weighted by molar-refractivity contribution is 0.386. The number of amidine groups is 1. The molecule has 2 N–H and O–H groups in total. The van der Waals surface area contributed by atoms with E-state index in [4.69, 9.17) is 10.5 Å². The number of halogens is 1. The van der Waals surface area contributed by atoms with Crippen molar-refractivity contribution in [3.05, 3.63) is 29.6 Å². The summed E-state index contributed by atoms with van der Waals surface area (Å²) in [6.45, 7) is 2.05. The molecule has 18 heavy (non-hydrogen) atoms. The van der Waals surface area contributed by atoms with Crippen molar-refractivity contribution in [2.24, 2.45) is 21.9 Å². The number of ether oxygens (including phenoxy) is 1. The fraction of sp³-hybridized carbons (Fsp3) is 0.385. The van der Waals surface area contributed by atoms with Crippen molar-refractivity contribution in [2.45, 2.75) is 19.8 Å². The van der Waals surface area contributed by atoms with Gasteiger partial charge in [-0.15, -0.1) is 5.10 Å². The smallest absolute Gasteiger partial charge is 0.165 e. The van der Waals surface area contributed by atoms with Crippen LogP contribution in [0.2, 0.25) is 0 Å². The van der Waals surface area contributed by atoms with E-state index in [9.17, 15) is 4.39 Å². The summed E-state index contributed by atoms with van der Waals surface area (Å²) >= 11 is 0. The number of nitrogens with two attached hydrogens (primary N) is 1. The Kier molecular flexibility index (Phi) is 3.60. The SMILES string of the molecule is CCC1CC(N)=NN=C1c1ccc(OC)c(F)c1. The van der Waals surface area contributed by atoms with Crippen LogP contribution >= 0.6 is 0 Å². The van der Waals surface area contributed by atoms with Gasteiger partial charge in [0.2, 0.25) is 0 Å². The second-order valence-corrected chi connectivity index (χ2v) is 4.24. The van der Waals surface area contributed by atoms with Crippen LogP contribution in [0.15, 0.2) is 28.4 Å². The fourth-order valence-electron chi connectivity index (χ4n) is 2.05. The minimum atomic E-state index is -0.393. The molecule has 1 unspecified atom stereocenters. The van der Waals surface area contributed by atoms with Crippen LogP contribution in [0.5, 0.6) is 5.75 Å². The summed E-state index contributed by atoms with van der Waals surface area (Å²) in [6, 6.07) is 4.82. The van der Waals surface area contributed by atoms with E-state index >= 15 is 0 Å². The molecule has 0 aromatic heterocycles.